The fourth-order valence-electron chi connectivity index (χ4n) is 0.822. The van der Waals surface area contributed by atoms with Crippen LogP contribution in [0.3, 0.4) is 0 Å². The number of hydrogen-bond acceptors (Lipinski definition) is 2. The van der Waals surface area contributed by atoms with Crippen LogP contribution in [0, 0.1) is 0 Å². The minimum Gasteiger partial charge on any atom is -0.277 e. The Kier molecular flexibility index (Phi) is 1.69. The van der Waals surface area contributed by atoms with E-state index in [1.54, 1.807) is 12.4 Å². The number of aromatic nitrogens is 3. The van der Waals surface area contributed by atoms with Crippen molar-refractivity contribution >= 4 is 37.6 Å². The predicted octanol–water partition coefficient (Wildman–Crippen LogP) is 2.25. The molecule has 2 heterocycles. The molecule has 2 aromatic heterocycles. The highest BCUT2D eigenvalue weighted by molar-refractivity contribution is 9.10. The van der Waals surface area contributed by atoms with Crippen LogP contribution in [0.5, 0.6) is 0 Å². The minimum absolute atomic E-state index is 0.695. The molecule has 0 fully saturated rings. The Balaban J connectivity index is 2.87. The average Bonchev–Trinajstić information content (AvgIpc) is 2.33. The molecular formula is C6H3Br2N3. The summed E-state index contributed by atoms with van der Waals surface area (Å²) in [5.74, 6) is 0.695. The Morgan fingerprint density at radius 3 is 2.73 bits per heavy atom. The SMILES string of the molecule is Brc1cnc2ncc(Br)n2c1. The van der Waals surface area contributed by atoms with Gasteiger partial charge in [-0.05, 0) is 31.9 Å². The summed E-state index contributed by atoms with van der Waals surface area (Å²) < 4.78 is 3.69. The average molecular weight is 277 g/mol. The lowest BCUT2D eigenvalue weighted by molar-refractivity contribution is 1.08. The summed E-state index contributed by atoms with van der Waals surface area (Å²) >= 11 is 6.66. The molecule has 0 aliphatic heterocycles. The van der Waals surface area contributed by atoms with Gasteiger partial charge >= 0.3 is 0 Å². The number of nitrogens with zero attached hydrogens (tertiary/aromatic N) is 3. The Labute approximate surface area is 79.7 Å². The molecule has 0 atom stereocenters. The lowest BCUT2D eigenvalue weighted by Crippen LogP contribution is -1.87. The lowest BCUT2D eigenvalue weighted by atomic mass is 10.7. The monoisotopic (exact) mass is 275 g/mol. The van der Waals surface area contributed by atoms with Crippen molar-refractivity contribution < 1.29 is 0 Å². The van der Waals surface area contributed by atoms with Crippen LogP contribution >= 0.6 is 31.9 Å². The zero-order valence-electron chi connectivity index (χ0n) is 5.33. The van der Waals surface area contributed by atoms with Crippen LogP contribution in [0.4, 0.5) is 0 Å². The first-order chi connectivity index (χ1) is 5.27. The van der Waals surface area contributed by atoms with E-state index in [0.717, 1.165) is 9.08 Å². The molecule has 0 bridgehead atoms. The maximum Gasteiger partial charge on any atom is 0.234 e. The van der Waals surface area contributed by atoms with Crippen molar-refractivity contribution in [3.05, 3.63) is 27.7 Å². The van der Waals surface area contributed by atoms with Crippen LogP contribution in [-0.4, -0.2) is 14.4 Å². The van der Waals surface area contributed by atoms with Gasteiger partial charge in [0.25, 0.3) is 0 Å². The van der Waals surface area contributed by atoms with Crippen molar-refractivity contribution in [2.75, 3.05) is 0 Å². The highest BCUT2D eigenvalue weighted by Gasteiger charge is 1.99. The fourth-order valence-corrected chi connectivity index (χ4v) is 1.49. The molecule has 5 heteroatoms. The van der Waals surface area contributed by atoms with Crippen molar-refractivity contribution in [2.45, 2.75) is 0 Å². The minimum atomic E-state index is 0.695. The standard InChI is InChI=1S/C6H3Br2N3/c7-4-1-9-6-10-2-5(8)11(6)3-4/h1-3H. The van der Waals surface area contributed by atoms with Crippen LogP contribution in [0.25, 0.3) is 5.78 Å². The van der Waals surface area contributed by atoms with Crippen LogP contribution in [-0.2, 0) is 0 Å². The second-order valence-corrected chi connectivity index (χ2v) is 3.75. The Morgan fingerprint density at radius 1 is 1.18 bits per heavy atom. The van der Waals surface area contributed by atoms with E-state index in [2.05, 4.69) is 41.8 Å². The molecule has 2 aromatic rings. The molecule has 0 aromatic carbocycles. The topological polar surface area (TPSA) is 30.2 Å². The van der Waals surface area contributed by atoms with Gasteiger partial charge in [-0.2, -0.15) is 0 Å². The smallest absolute Gasteiger partial charge is 0.234 e. The van der Waals surface area contributed by atoms with Gasteiger partial charge in [-0.15, -0.1) is 0 Å². The van der Waals surface area contributed by atoms with Crippen molar-refractivity contribution in [2.24, 2.45) is 0 Å². The molecular weight excluding hydrogens is 274 g/mol. The number of imidazole rings is 1. The molecule has 11 heavy (non-hydrogen) atoms. The molecule has 0 saturated carbocycles. The number of halogens is 2. The molecule has 0 unspecified atom stereocenters. The molecule has 0 aliphatic rings. The zero-order valence-corrected chi connectivity index (χ0v) is 8.50. The van der Waals surface area contributed by atoms with Gasteiger partial charge in [0.15, 0.2) is 0 Å². The first-order valence-electron chi connectivity index (χ1n) is 2.91. The molecule has 0 N–H and O–H groups in total. The highest BCUT2D eigenvalue weighted by Crippen LogP contribution is 2.14. The first-order valence-corrected chi connectivity index (χ1v) is 4.50. The Morgan fingerprint density at radius 2 is 1.91 bits per heavy atom. The van der Waals surface area contributed by atoms with Crippen LogP contribution in [0.1, 0.15) is 0 Å². The third kappa shape index (κ3) is 1.18. The quantitative estimate of drug-likeness (QED) is 0.739. The summed E-state index contributed by atoms with van der Waals surface area (Å²) in [6.45, 7) is 0. The van der Waals surface area contributed by atoms with Gasteiger partial charge in [-0.1, -0.05) is 0 Å². The maximum absolute atomic E-state index is 4.08. The number of rotatable bonds is 0. The Hall–Kier alpha value is -0.420. The summed E-state index contributed by atoms with van der Waals surface area (Å²) in [4.78, 5) is 8.12. The van der Waals surface area contributed by atoms with Crippen molar-refractivity contribution in [1.82, 2.24) is 14.4 Å². The maximum atomic E-state index is 4.08. The summed E-state index contributed by atoms with van der Waals surface area (Å²) in [5.41, 5.74) is 0. The number of fused-ring (bicyclic) bond motifs is 1. The molecule has 56 valence electrons. The highest BCUT2D eigenvalue weighted by atomic mass is 79.9. The van der Waals surface area contributed by atoms with Gasteiger partial charge in [0, 0.05) is 12.4 Å². The van der Waals surface area contributed by atoms with E-state index in [1.807, 2.05) is 10.6 Å². The van der Waals surface area contributed by atoms with E-state index in [4.69, 9.17) is 0 Å². The number of hydrogen-bond donors (Lipinski definition) is 0. The normalized spacial score (nSPS) is 10.7. The van der Waals surface area contributed by atoms with Gasteiger partial charge in [0.2, 0.25) is 5.78 Å². The third-order valence-corrected chi connectivity index (χ3v) is 2.28. The zero-order chi connectivity index (χ0) is 7.84. The first kappa shape index (κ1) is 7.24. The fraction of sp³-hybridized carbons (Fsp3) is 0. The van der Waals surface area contributed by atoms with Crippen molar-refractivity contribution in [3.8, 4) is 0 Å². The largest absolute Gasteiger partial charge is 0.277 e. The molecule has 0 spiro atoms. The van der Waals surface area contributed by atoms with Crippen LogP contribution in [0.2, 0.25) is 0 Å². The lowest BCUT2D eigenvalue weighted by Gasteiger charge is -1.93. The van der Waals surface area contributed by atoms with Crippen LogP contribution < -0.4 is 0 Å². The van der Waals surface area contributed by atoms with Gasteiger partial charge in [-0.3, -0.25) is 4.40 Å². The molecule has 0 amide bonds. The van der Waals surface area contributed by atoms with Gasteiger partial charge in [-0.25, -0.2) is 9.97 Å². The van der Waals surface area contributed by atoms with Crippen molar-refractivity contribution in [3.63, 3.8) is 0 Å². The van der Waals surface area contributed by atoms with E-state index >= 15 is 0 Å². The molecule has 0 saturated heterocycles. The van der Waals surface area contributed by atoms with Crippen LogP contribution in [0.15, 0.2) is 27.7 Å². The predicted molar refractivity (Wildman–Crippen MR) is 48.4 cm³/mol. The second kappa shape index (κ2) is 2.57. The van der Waals surface area contributed by atoms with Gasteiger partial charge < -0.3 is 0 Å². The van der Waals surface area contributed by atoms with E-state index in [1.165, 1.54) is 0 Å². The summed E-state index contributed by atoms with van der Waals surface area (Å²) in [6.07, 6.45) is 5.34. The van der Waals surface area contributed by atoms with Crippen molar-refractivity contribution in [1.29, 1.82) is 0 Å². The molecule has 3 nitrogen and oxygen atoms in total. The Bertz CT molecular complexity index is 396. The van der Waals surface area contributed by atoms with Gasteiger partial charge in [0.05, 0.1) is 10.7 Å². The van der Waals surface area contributed by atoms with E-state index in [0.29, 0.717) is 5.78 Å². The van der Waals surface area contributed by atoms with Gasteiger partial charge in [0.1, 0.15) is 4.60 Å². The molecule has 2 rings (SSSR count). The molecule has 0 radical (unpaired) electrons. The summed E-state index contributed by atoms with van der Waals surface area (Å²) in [7, 11) is 0. The summed E-state index contributed by atoms with van der Waals surface area (Å²) in [6, 6.07) is 0. The van der Waals surface area contributed by atoms with E-state index in [-0.39, 0.29) is 0 Å². The molecule has 0 aliphatic carbocycles. The van der Waals surface area contributed by atoms with E-state index < -0.39 is 0 Å². The third-order valence-electron chi connectivity index (χ3n) is 1.29. The van der Waals surface area contributed by atoms with E-state index in [9.17, 15) is 0 Å². The second-order valence-electron chi connectivity index (χ2n) is 2.02. The summed E-state index contributed by atoms with van der Waals surface area (Å²) in [5, 5.41) is 0.